The molecular formula is C14H17ClFNO3S. The molecule has 1 saturated carbocycles. The summed E-state index contributed by atoms with van der Waals surface area (Å²) in [4.78, 5) is 11.9. The van der Waals surface area contributed by atoms with Crippen LogP contribution in [-0.4, -0.2) is 14.3 Å². The summed E-state index contributed by atoms with van der Waals surface area (Å²) >= 11 is 0. The van der Waals surface area contributed by atoms with E-state index in [-0.39, 0.29) is 33.2 Å². The Bertz CT molecular complexity index is 699. The van der Waals surface area contributed by atoms with Gasteiger partial charge in [0, 0.05) is 16.6 Å². The van der Waals surface area contributed by atoms with Crippen LogP contribution < -0.4 is 5.32 Å². The summed E-state index contributed by atoms with van der Waals surface area (Å²) in [5.74, 6) is -1.33. The summed E-state index contributed by atoms with van der Waals surface area (Å²) < 4.78 is 36.1. The van der Waals surface area contributed by atoms with Gasteiger partial charge in [0.1, 0.15) is 5.82 Å². The molecule has 1 fully saturated rings. The summed E-state index contributed by atoms with van der Waals surface area (Å²) in [6.07, 6.45) is 0. The Hall–Kier alpha value is -1.14. The van der Waals surface area contributed by atoms with Gasteiger partial charge in [-0.1, -0.05) is 27.7 Å². The fraction of sp³-hybridized carbons (Fsp3) is 0.500. The van der Waals surface area contributed by atoms with Crippen LogP contribution in [0.1, 0.15) is 27.7 Å². The highest BCUT2D eigenvalue weighted by molar-refractivity contribution is 8.13. The highest BCUT2D eigenvalue weighted by Gasteiger charge is 2.68. The molecule has 0 radical (unpaired) electrons. The third kappa shape index (κ3) is 2.66. The Labute approximate surface area is 128 Å². The minimum atomic E-state index is -3.99. The van der Waals surface area contributed by atoms with Gasteiger partial charge in [-0.25, -0.2) is 12.8 Å². The van der Waals surface area contributed by atoms with E-state index in [1.807, 2.05) is 27.7 Å². The van der Waals surface area contributed by atoms with Gasteiger partial charge in [0.05, 0.1) is 10.6 Å². The molecule has 0 unspecified atom stereocenters. The smallest absolute Gasteiger partial charge is 0.261 e. The van der Waals surface area contributed by atoms with E-state index in [0.717, 1.165) is 12.1 Å². The lowest BCUT2D eigenvalue weighted by molar-refractivity contribution is -0.118. The number of rotatable bonds is 3. The van der Waals surface area contributed by atoms with Gasteiger partial charge in [0.15, 0.2) is 0 Å². The van der Waals surface area contributed by atoms with E-state index in [0.29, 0.717) is 0 Å². The molecule has 0 aliphatic heterocycles. The molecule has 0 heterocycles. The first-order valence-corrected chi connectivity index (χ1v) is 8.75. The molecule has 7 heteroatoms. The van der Waals surface area contributed by atoms with Gasteiger partial charge in [0.2, 0.25) is 5.91 Å². The number of carbonyl (C=O) groups excluding carboxylic acids is 1. The summed E-state index contributed by atoms with van der Waals surface area (Å²) in [5, 5.41) is 2.51. The monoisotopic (exact) mass is 333 g/mol. The Morgan fingerprint density at radius 3 is 2.14 bits per heavy atom. The number of nitrogens with one attached hydrogen (secondary N) is 1. The molecule has 0 bridgehead atoms. The first kappa shape index (κ1) is 16.2. The standard InChI is InChI=1S/C14H17ClFNO3S/c1-13(2)11(14(13,3)4)12(18)17-10-6-5-8(7-9(10)16)21(15,19)20/h5-7,11H,1-4H3,(H,17,18). The molecule has 4 nitrogen and oxygen atoms in total. The molecule has 0 atom stereocenters. The molecular weight excluding hydrogens is 317 g/mol. The molecule has 1 aliphatic rings. The number of halogens is 2. The van der Waals surface area contributed by atoms with Crippen molar-refractivity contribution in [1.29, 1.82) is 0 Å². The van der Waals surface area contributed by atoms with Crippen LogP contribution >= 0.6 is 10.7 Å². The third-order valence-corrected chi connectivity index (χ3v) is 6.11. The molecule has 0 spiro atoms. The fourth-order valence-corrected chi connectivity index (χ4v) is 3.57. The Kier molecular flexibility index (Phi) is 3.62. The molecule has 1 aromatic carbocycles. The van der Waals surface area contributed by atoms with Gasteiger partial charge in [-0.2, -0.15) is 0 Å². The number of hydrogen-bond acceptors (Lipinski definition) is 3. The van der Waals surface area contributed by atoms with E-state index in [4.69, 9.17) is 10.7 Å². The summed E-state index contributed by atoms with van der Waals surface area (Å²) in [5.41, 5.74) is -0.373. The number of anilines is 1. The summed E-state index contributed by atoms with van der Waals surface area (Å²) in [7, 11) is 1.15. The predicted octanol–water partition coefficient (Wildman–Crippen LogP) is 3.37. The van der Waals surface area contributed by atoms with E-state index in [2.05, 4.69) is 5.32 Å². The second kappa shape index (κ2) is 4.68. The quantitative estimate of drug-likeness (QED) is 0.862. The number of hydrogen-bond donors (Lipinski definition) is 1. The Morgan fingerprint density at radius 1 is 1.24 bits per heavy atom. The molecule has 0 saturated heterocycles. The van der Waals surface area contributed by atoms with E-state index in [1.54, 1.807) is 0 Å². The van der Waals surface area contributed by atoms with Crippen LogP contribution in [0.15, 0.2) is 23.1 Å². The van der Waals surface area contributed by atoms with Gasteiger partial charge < -0.3 is 5.32 Å². The van der Waals surface area contributed by atoms with Crippen molar-refractivity contribution in [2.45, 2.75) is 32.6 Å². The number of amides is 1. The lowest BCUT2D eigenvalue weighted by Gasteiger charge is -2.08. The van der Waals surface area contributed by atoms with Crippen LogP contribution in [0.25, 0.3) is 0 Å². The SMILES string of the molecule is CC1(C)C(C(=O)Nc2ccc(S(=O)(=O)Cl)cc2F)C1(C)C. The van der Waals surface area contributed by atoms with Crippen LogP contribution in [0.4, 0.5) is 10.1 Å². The molecule has 21 heavy (non-hydrogen) atoms. The normalized spacial score (nSPS) is 20.1. The lowest BCUT2D eigenvalue weighted by Crippen LogP contribution is -2.18. The van der Waals surface area contributed by atoms with Crippen molar-refractivity contribution in [3.8, 4) is 0 Å². The number of benzene rings is 1. The average Bonchev–Trinajstić information content (AvgIpc) is 2.70. The number of carbonyl (C=O) groups is 1. The van der Waals surface area contributed by atoms with Crippen molar-refractivity contribution >= 4 is 31.3 Å². The van der Waals surface area contributed by atoms with Crippen molar-refractivity contribution < 1.29 is 17.6 Å². The molecule has 1 N–H and O–H groups in total. The van der Waals surface area contributed by atoms with Crippen LogP contribution in [-0.2, 0) is 13.8 Å². The second-order valence-electron chi connectivity index (χ2n) is 6.45. The van der Waals surface area contributed by atoms with Gasteiger partial charge in [0.25, 0.3) is 9.05 Å². The highest BCUT2D eigenvalue weighted by Crippen LogP contribution is 2.68. The second-order valence-corrected chi connectivity index (χ2v) is 9.01. The minimum Gasteiger partial charge on any atom is -0.323 e. The first-order valence-electron chi connectivity index (χ1n) is 6.44. The average molecular weight is 334 g/mol. The van der Waals surface area contributed by atoms with E-state index >= 15 is 0 Å². The zero-order valence-electron chi connectivity index (χ0n) is 12.2. The molecule has 1 amide bonds. The lowest BCUT2D eigenvalue weighted by atomic mass is 10.0. The largest absolute Gasteiger partial charge is 0.323 e. The van der Waals surface area contributed by atoms with E-state index < -0.39 is 14.9 Å². The van der Waals surface area contributed by atoms with Crippen molar-refractivity contribution in [2.24, 2.45) is 16.7 Å². The summed E-state index contributed by atoms with van der Waals surface area (Å²) in [6.45, 7) is 7.93. The van der Waals surface area contributed by atoms with Crippen LogP contribution in [0.3, 0.4) is 0 Å². The maximum absolute atomic E-state index is 13.9. The van der Waals surface area contributed by atoms with Crippen molar-refractivity contribution in [3.05, 3.63) is 24.0 Å². The van der Waals surface area contributed by atoms with Crippen LogP contribution in [0, 0.1) is 22.6 Å². The van der Waals surface area contributed by atoms with Gasteiger partial charge in [-0.3, -0.25) is 4.79 Å². The maximum atomic E-state index is 13.9. The molecule has 116 valence electrons. The van der Waals surface area contributed by atoms with Gasteiger partial charge >= 0.3 is 0 Å². The van der Waals surface area contributed by atoms with Gasteiger partial charge in [-0.05, 0) is 29.0 Å². The van der Waals surface area contributed by atoms with Crippen LogP contribution in [0.2, 0.25) is 0 Å². The molecule has 2 rings (SSSR count). The highest BCUT2D eigenvalue weighted by atomic mass is 35.7. The van der Waals surface area contributed by atoms with E-state index in [9.17, 15) is 17.6 Å². The maximum Gasteiger partial charge on any atom is 0.261 e. The van der Waals surface area contributed by atoms with Crippen LogP contribution in [0.5, 0.6) is 0 Å². The molecule has 1 aliphatic carbocycles. The zero-order chi connectivity index (χ0) is 16.2. The van der Waals surface area contributed by atoms with Crippen molar-refractivity contribution in [3.63, 3.8) is 0 Å². The fourth-order valence-electron chi connectivity index (χ4n) is 2.81. The van der Waals surface area contributed by atoms with Gasteiger partial charge in [-0.15, -0.1) is 0 Å². The minimum absolute atomic E-state index is 0.0532. The van der Waals surface area contributed by atoms with Crippen molar-refractivity contribution in [1.82, 2.24) is 0 Å². The van der Waals surface area contributed by atoms with E-state index in [1.165, 1.54) is 6.07 Å². The topological polar surface area (TPSA) is 63.2 Å². The predicted molar refractivity (Wildman–Crippen MR) is 79.1 cm³/mol. The first-order chi connectivity index (χ1) is 9.39. The Morgan fingerprint density at radius 2 is 1.76 bits per heavy atom. The zero-order valence-corrected chi connectivity index (χ0v) is 13.8. The summed E-state index contributed by atoms with van der Waals surface area (Å²) in [6, 6.07) is 3.15. The van der Waals surface area contributed by atoms with Crippen molar-refractivity contribution in [2.75, 3.05) is 5.32 Å². The molecule has 0 aromatic heterocycles. The molecule has 1 aromatic rings. The third-order valence-electron chi connectivity index (χ3n) is 4.76. The Balaban J connectivity index is 2.21.